The van der Waals surface area contributed by atoms with Gasteiger partial charge in [-0.2, -0.15) is 0 Å². The summed E-state index contributed by atoms with van der Waals surface area (Å²) in [4.78, 5) is 4.79. The molecule has 0 unspecified atom stereocenters. The lowest BCUT2D eigenvalue weighted by molar-refractivity contribution is -0.00000782. The molecule has 0 fully saturated rings. The molecule has 0 saturated heterocycles. The van der Waals surface area contributed by atoms with Gasteiger partial charge in [0, 0.05) is 12.1 Å². The van der Waals surface area contributed by atoms with Crippen molar-refractivity contribution in [3.8, 4) is 0 Å². The third-order valence-corrected chi connectivity index (χ3v) is 4.86. The van der Waals surface area contributed by atoms with E-state index in [0.29, 0.717) is 11.8 Å². The molecule has 0 aliphatic rings. The molecule has 134 valence electrons. The molecule has 0 bridgehead atoms. The third-order valence-electron chi connectivity index (χ3n) is 3.76. The number of rotatable bonds is 2. The topological polar surface area (TPSA) is 107 Å². The number of hydrogen-bond donors (Lipinski definition) is 0. The van der Waals surface area contributed by atoms with Crippen LogP contribution in [0.5, 0.6) is 0 Å². The van der Waals surface area contributed by atoms with Crippen molar-refractivity contribution in [3.05, 3.63) is 47.5 Å². The van der Waals surface area contributed by atoms with Crippen molar-refractivity contribution in [2.45, 2.75) is 39.5 Å². The van der Waals surface area contributed by atoms with Crippen LogP contribution < -0.4 is 12.4 Å². The Kier molecular flexibility index (Phi) is 10.2. The normalized spacial score (nSPS) is 9.92. The van der Waals surface area contributed by atoms with Gasteiger partial charge in [-0.1, -0.05) is 39.8 Å². The van der Waals surface area contributed by atoms with Crippen molar-refractivity contribution in [1.82, 2.24) is 4.98 Å². The minimum atomic E-state index is 0. The second-order valence-electron chi connectivity index (χ2n) is 5.98. The van der Waals surface area contributed by atoms with Gasteiger partial charge in [-0.25, -0.2) is 4.98 Å². The van der Waals surface area contributed by atoms with E-state index in [4.69, 9.17) is 4.98 Å². The maximum atomic E-state index is 4.79. The Hall–Kier alpha value is -1.37. The van der Waals surface area contributed by atoms with Gasteiger partial charge in [0.2, 0.25) is 11.3 Å². The molecule has 0 amide bonds. The zero-order valence-corrected chi connectivity index (χ0v) is 15.9. The lowest BCUT2D eigenvalue weighted by Gasteiger charge is -2.04. The molecular formula is C18H26ClNO3S. The summed E-state index contributed by atoms with van der Waals surface area (Å²) < 4.78 is 2.56. The van der Waals surface area contributed by atoms with E-state index in [2.05, 4.69) is 64.1 Å². The van der Waals surface area contributed by atoms with Crippen LogP contribution in [0.25, 0.3) is 20.4 Å². The molecule has 2 aromatic carbocycles. The van der Waals surface area contributed by atoms with Crippen LogP contribution in [0.15, 0.2) is 36.4 Å². The van der Waals surface area contributed by atoms with Gasteiger partial charge in [0.25, 0.3) is 9.40 Å². The second-order valence-corrected chi connectivity index (χ2v) is 7.06. The molecule has 1 aromatic heterocycles. The summed E-state index contributed by atoms with van der Waals surface area (Å²) in [6.45, 7) is 8.93. The molecule has 3 aromatic rings. The van der Waals surface area contributed by atoms with Crippen LogP contribution >= 0.6 is 11.3 Å². The van der Waals surface area contributed by atoms with E-state index in [1.54, 1.807) is 0 Å². The van der Waals surface area contributed by atoms with Crippen LogP contribution in [0.4, 0.5) is 0 Å². The fraction of sp³-hybridized carbons (Fsp3) is 0.333. The summed E-state index contributed by atoms with van der Waals surface area (Å²) in [7, 11) is 0. The van der Waals surface area contributed by atoms with E-state index in [1.165, 1.54) is 20.5 Å². The first-order chi connectivity index (χ1) is 9.54. The van der Waals surface area contributed by atoms with Crippen LogP contribution in [-0.2, 0) is 0 Å². The molecular weight excluding hydrogens is 346 g/mol. The van der Waals surface area contributed by atoms with E-state index < -0.39 is 0 Å². The van der Waals surface area contributed by atoms with Gasteiger partial charge < -0.3 is 28.8 Å². The number of hydrogen-bond acceptors (Lipinski definition) is 1. The highest BCUT2D eigenvalue weighted by molar-refractivity contribution is 7.24. The molecule has 0 aliphatic heterocycles. The predicted octanol–water partition coefficient (Wildman–Crippen LogP) is 0.507. The van der Waals surface area contributed by atoms with Crippen LogP contribution in [0.1, 0.15) is 50.7 Å². The largest absolute Gasteiger partial charge is 1.00 e. The first kappa shape index (κ1) is 24.9. The molecule has 6 heteroatoms. The average Bonchev–Trinajstić information content (AvgIpc) is 2.43. The fourth-order valence-electron chi connectivity index (χ4n) is 2.38. The average molecular weight is 372 g/mol. The van der Waals surface area contributed by atoms with E-state index >= 15 is 0 Å². The molecule has 0 aliphatic carbocycles. The molecule has 0 spiro atoms. The SMILES string of the molecule is CC(C)c1ccc2nc3ccc(C(C)C)cc3[s+]c2c1.O.O.O.[Cl-]. The maximum absolute atomic E-state index is 4.79. The first-order valence-electron chi connectivity index (χ1n) is 7.22. The third kappa shape index (κ3) is 4.82. The van der Waals surface area contributed by atoms with Crippen LogP contribution in [0.3, 0.4) is 0 Å². The van der Waals surface area contributed by atoms with Gasteiger partial charge in [-0.3, -0.25) is 0 Å². The fourth-order valence-corrected chi connectivity index (χ4v) is 3.44. The van der Waals surface area contributed by atoms with Gasteiger partial charge in [-0.05, 0) is 35.1 Å². The van der Waals surface area contributed by atoms with Crippen LogP contribution in [0.2, 0.25) is 0 Å². The lowest BCUT2D eigenvalue weighted by Crippen LogP contribution is -3.00. The number of nitrogens with zero attached hydrogens (tertiary/aromatic N) is 1. The number of halogens is 1. The van der Waals surface area contributed by atoms with Gasteiger partial charge >= 0.3 is 0 Å². The van der Waals surface area contributed by atoms with Crippen LogP contribution in [-0.4, -0.2) is 21.4 Å². The van der Waals surface area contributed by atoms with Gasteiger partial charge in [0.05, 0.1) is 0 Å². The summed E-state index contributed by atoms with van der Waals surface area (Å²) in [6.07, 6.45) is 0. The Morgan fingerprint density at radius 1 is 0.708 bits per heavy atom. The summed E-state index contributed by atoms with van der Waals surface area (Å²) in [5.41, 5.74) is 4.97. The number of aromatic nitrogens is 1. The molecule has 0 saturated carbocycles. The van der Waals surface area contributed by atoms with E-state index in [-0.39, 0.29) is 28.8 Å². The summed E-state index contributed by atoms with van der Waals surface area (Å²) in [6, 6.07) is 13.3. The predicted molar refractivity (Wildman–Crippen MR) is 101 cm³/mol. The van der Waals surface area contributed by atoms with Crippen molar-refractivity contribution in [2.24, 2.45) is 0 Å². The van der Waals surface area contributed by atoms with Crippen molar-refractivity contribution in [3.63, 3.8) is 0 Å². The standard InChI is InChI=1S/C18H20NS.ClH.3H2O/c1-11(2)13-5-7-15-17(9-13)20-18-10-14(12(3)4)6-8-16(18)19-15;;;;/h5-12H,1-4H3;1H;3*1H2/q+1;;;;/p-1. The Balaban J connectivity index is 0. The van der Waals surface area contributed by atoms with Gasteiger partial charge in [-0.15, -0.1) is 0 Å². The minimum absolute atomic E-state index is 0. The lowest BCUT2D eigenvalue weighted by atomic mass is 10.0. The summed E-state index contributed by atoms with van der Waals surface area (Å²) in [5.74, 6) is 1.12. The second kappa shape index (κ2) is 9.81. The molecule has 1 heterocycles. The molecule has 3 rings (SSSR count). The van der Waals surface area contributed by atoms with E-state index in [9.17, 15) is 0 Å². The van der Waals surface area contributed by atoms with Crippen LogP contribution in [0, 0.1) is 0 Å². The monoisotopic (exact) mass is 371 g/mol. The highest BCUT2D eigenvalue weighted by Crippen LogP contribution is 2.30. The van der Waals surface area contributed by atoms with Crippen molar-refractivity contribution in [2.75, 3.05) is 0 Å². The Labute approximate surface area is 152 Å². The molecule has 0 atom stereocenters. The molecule has 0 radical (unpaired) electrons. The van der Waals surface area contributed by atoms with Crippen molar-refractivity contribution < 1.29 is 28.8 Å². The van der Waals surface area contributed by atoms with E-state index in [1.807, 2.05) is 11.3 Å². The Morgan fingerprint density at radius 2 is 1.08 bits per heavy atom. The Morgan fingerprint density at radius 3 is 1.42 bits per heavy atom. The van der Waals surface area contributed by atoms with Gasteiger partial charge in [0.1, 0.15) is 11.0 Å². The van der Waals surface area contributed by atoms with Crippen molar-refractivity contribution in [1.29, 1.82) is 0 Å². The Bertz CT molecular complexity index is 731. The minimum Gasteiger partial charge on any atom is -1.00 e. The van der Waals surface area contributed by atoms with E-state index in [0.717, 1.165) is 11.0 Å². The highest BCUT2D eigenvalue weighted by Gasteiger charge is 2.15. The molecule has 6 N–H and O–H groups in total. The maximum Gasteiger partial charge on any atom is 0.257 e. The summed E-state index contributed by atoms with van der Waals surface area (Å²) >= 11 is 1.85. The first-order valence-corrected chi connectivity index (χ1v) is 8.03. The van der Waals surface area contributed by atoms with Gasteiger partial charge in [0.15, 0.2) is 0 Å². The quantitative estimate of drug-likeness (QED) is 0.474. The zero-order chi connectivity index (χ0) is 14.3. The smallest absolute Gasteiger partial charge is 0.257 e. The van der Waals surface area contributed by atoms with Crippen molar-refractivity contribution >= 4 is 31.8 Å². The molecule has 24 heavy (non-hydrogen) atoms. The molecule has 4 nitrogen and oxygen atoms in total. The zero-order valence-electron chi connectivity index (χ0n) is 14.4. The highest BCUT2D eigenvalue weighted by atomic mass is 35.5. The summed E-state index contributed by atoms with van der Waals surface area (Å²) in [5, 5.41) is 0. The number of fused-ring (bicyclic) bond motifs is 2. The number of benzene rings is 2.